The predicted octanol–water partition coefficient (Wildman–Crippen LogP) is 3.86. The molecule has 1 aliphatic rings. The summed E-state index contributed by atoms with van der Waals surface area (Å²) in [5.74, 6) is 0. The standard InChI is InChI=1S/C11H11Cl3O2/c12-11(13,14)10-15-7-6-9(16-10)8-4-2-1-3-5-8/h1-5,9-10H,6-7H2. The highest BCUT2D eigenvalue weighted by Gasteiger charge is 2.39. The summed E-state index contributed by atoms with van der Waals surface area (Å²) >= 11 is 17.2. The minimum absolute atomic E-state index is 0.0735. The number of rotatable bonds is 1. The van der Waals surface area contributed by atoms with Gasteiger partial charge in [0, 0.05) is 6.42 Å². The zero-order chi connectivity index (χ0) is 11.6. The highest BCUT2D eigenvalue weighted by molar-refractivity contribution is 6.67. The lowest BCUT2D eigenvalue weighted by molar-refractivity contribution is -0.212. The third-order valence-corrected chi connectivity index (χ3v) is 2.91. The molecule has 1 fully saturated rings. The fourth-order valence-electron chi connectivity index (χ4n) is 1.62. The number of benzene rings is 1. The summed E-state index contributed by atoms with van der Waals surface area (Å²) in [6.45, 7) is 0.526. The van der Waals surface area contributed by atoms with E-state index >= 15 is 0 Å². The molecule has 0 amide bonds. The van der Waals surface area contributed by atoms with Crippen LogP contribution in [0, 0.1) is 0 Å². The third-order valence-electron chi connectivity index (χ3n) is 2.38. The van der Waals surface area contributed by atoms with Gasteiger partial charge in [0.2, 0.25) is 10.1 Å². The predicted molar refractivity (Wildman–Crippen MR) is 64.9 cm³/mol. The van der Waals surface area contributed by atoms with Crippen LogP contribution in [0.1, 0.15) is 18.1 Å². The molecule has 2 unspecified atom stereocenters. The molecule has 0 radical (unpaired) electrons. The van der Waals surface area contributed by atoms with Gasteiger partial charge in [-0.2, -0.15) is 0 Å². The molecule has 0 bridgehead atoms. The molecule has 1 saturated heterocycles. The van der Waals surface area contributed by atoms with Crippen LogP contribution in [0.3, 0.4) is 0 Å². The van der Waals surface area contributed by atoms with E-state index in [4.69, 9.17) is 44.3 Å². The molecule has 0 saturated carbocycles. The largest absolute Gasteiger partial charge is 0.348 e. The SMILES string of the molecule is ClC(Cl)(Cl)C1OCCC(c2ccccc2)O1. The second kappa shape index (κ2) is 5.11. The van der Waals surface area contributed by atoms with Crippen LogP contribution in [0.15, 0.2) is 30.3 Å². The Morgan fingerprint density at radius 2 is 1.81 bits per heavy atom. The minimum Gasteiger partial charge on any atom is -0.348 e. The van der Waals surface area contributed by atoms with E-state index in [0.29, 0.717) is 6.61 Å². The zero-order valence-electron chi connectivity index (χ0n) is 8.41. The molecule has 5 heteroatoms. The molecule has 1 heterocycles. The Morgan fingerprint density at radius 1 is 1.12 bits per heavy atom. The van der Waals surface area contributed by atoms with Gasteiger partial charge in [-0.3, -0.25) is 0 Å². The van der Waals surface area contributed by atoms with Crippen molar-refractivity contribution < 1.29 is 9.47 Å². The van der Waals surface area contributed by atoms with E-state index in [1.807, 2.05) is 30.3 Å². The fraction of sp³-hybridized carbons (Fsp3) is 0.455. The van der Waals surface area contributed by atoms with Gasteiger partial charge in [-0.25, -0.2) is 0 Å². The molecule has 0 aliphatic carbocycles. The topological polar surface area (TPSA) is 18.5 Å². The Balaban J connectivity index is 2.08. The lowest BCUT2D eigenvalue weighted by Crippen LogP contribution is -2.37. The van der Waals surface area contributed by atoms with Crippen molar-refractivity contribution >= 4 is 34.8 Å². The number of ether oxygens (including phenoxy) is 2. The first kappa shape index (κ1) is 12.5. The molecular weight excluding hydrogens is 270 g/mol. The molecule has 0 spiro atoms. The summed E-state index contributed by atoms with van der Waals surface area (Å²) in [6, 6.07) is 9.85. The molecule has 0 aromatic heterocycles. The first-order valence-corrected chi connectivity index (χ1v) is 6.09. The van der Waals surface area contributed by atoms with Crippen LogP contribution < -0.4 is 0 Å². The van der Waals surface area contributed by atoms with Crippen LogP contribution in [-0.2, 0) is 9.47 Å². The number of hydrogen-bond acceptors (Lipinski definition) is 2. The van der Waals surface area contributed by atoms with Crippen LogP contribution in [-0.4, -0.2) is 16.7 Å². The van der Waals surface area contributed by atoms with Gasteiger partial charge in [0.05, 0.1) is 12.7 Å². The van der Waals surface area contributed by atoms with Crippen molar-refractivity contribution in [1.82, 2.24) is 0 Å². The van der Waals surface area contributed by atoms with Crippen molar-refractivity contribution in [2.24, 2.45) is 0 Å². The highest BCUT2D eigenvalue weighted by atomic mass is 35.6. The van der Waals surface area contributed by atoms with Gasteiger partial charge in [-0.05, 0) is 5.56 Å². The maximum atomic E-state index is 5.75. The van der Waals surface area contributed by atoms with Crippen molar-refractivity contribution in [1.29, 1.82) is 0 Å². The average Bonchev–Trinajstić information content (AvgIpc) is 2.29. The van der Waals surface area contributed by atoms with Crippen molar-refractivity contribution in [3.05, 3.63) is 35.9 Å². The van der Waals surface area contributed by atoms with Gasteiger partial charge >= 0.3 is 0 Å². The van der Waals surface area contributed by atoms with Crippen molar-refractivity contribution in [2.45, 2.75) is 22.6 Å². The molecule has 1 aromatic carbocycles. The van der Waals surface area contributed by atoms with Crippen LogP contribution >= 0.6 is 34.8 Å². The Morgan fingerprint density at radius 3 is 2.44 bits per heavy atom. The van der Waals surface area contributed by atoms with Gasteiger partial charge < -0.3 is 9.47 Å². The molecule has 1 aromatic rings. The van der Waals surface area contributed by atoms with Gasteiger partial charge in [-0.15, -0.1) is 0 Å². The van der Waals surface area contributed by atoms with Crippen molar-refractivity contribution in [3.63, 3.8) is 0 Å². The quantitative estimate of drug-likeness (QED) is 0.728. The summed E-state index contributed by atoms with van der Waals surface area (Å²) < 4.78 is 9.35. The Bertz CT molecular complexity index is 337. The minimum atomic E-state index is -1.55. The van der Waals surface area contributed by atoms with Crippen LogP contribution in [0.4, 0.5) is 0 Å². The van der Waals surface area contributed by atoms with Gasteiger partial charge in [0.25, 0.3) is 0 Å². The number of halogens is 3. The van der Waals surface area contributed by atoms with Gasteiger partial charge in [-0.1, -0.05) is 65.1 Å². The van der Waals surface area contributed by atoms with Crippen molar-refractivity contribution in [3.8, 4) is 0 Å². The molecular formula is C11H11Cl3O2. The summed E-state index contributed by atoms with van der Waals surface area (Å²) in [6.07, 6.45) is -0.117. The lowest BCUT2D eigenvalue weighted by Gasteiger charge is -2.33. The molecule has 2 nitrogen and oxygen atoms in total. The van der Waals surface area contributed by atoms with Gasteiger partial charge in [0.1, 0.15) is 0 Å². The molecule has 1 aliphatic heterocycles. The van der Waals surface area contributed by atoms with Crippen LogP contribution in [0.5, 0.6) is 0 Å². The van der Waals surface area contributed by atoms with E-state index in [0.717, 1.165) is 12.0 Å². The lowest BCUT2D eigenvalue weighted by atomic mass is 10.1. The first-order valence-electron chi connectivity index (χ1n) is 4.96. The molecule has 88 valence electrons. The summed E-state index contributed by atoms with van der Waals surface area (Å²) in [7, 11) is 0. The first-order chi connectivity index (χ1) is 7.57. The van der Waals surface area contributed by atoms with Crippen LogP contribution in [0.2, 0.25) is 0 Å². The summed E-state index contributed by atoms with van der Waals surface area (Å²) in [4.78, 5) is 0. The normalized spacial score (nSPS) is 26.7. The second-order valence-corrected chi connectivity index (χ2v) is 5.94. The van der Waals surface area contributed by atoms with Crippen LogP contribution in [0.25, 0.3) is 0 Å². The second-order valence-electron chi connectivity index (χ2n) is 3.57. The Hall–Kier alpha value is 0.01000. The third kappa shape index (κ3) is 3.02. The monoisotopic (exact) mass is 280 g/mol. The maximum absolute atomic E-state index is 5.75. The zero-order valence-corrected chi connectivity index (χ0v) is 10.7. The molecule has 16 heavy (non-hydrogen) atoms. The van der Waals surface area contributed by atoms with Gasteiger partial charge in [0.15, 0.2) is 0 Å². The summed E-state index contributed by atoms with van der Waals surface area (Å²) in [5.41, 5.74) is 1.07. The number of hydrogen-bond donors (Lipinski definition) is 0. The molecule has 2 rings (SSSR count). The summed E-state index contributed by atoms with van der Waals surface area (Å²) in [5, 5.41) is 0. The van der Waals surface area contributed by atoms with E-state index in [9.17, 15) is 0 Å². The Kier molecular flexibility index (Phi) is 3.98. The van der Waals surface area contributed by atoms with E-state index in [-0.39, 0.29) is 6.10 Å². The molecule has 2 atom stereocenters. The van der Waals surface area contributed by atoms with E-state index < -0.39 is 10.1 Å². The Labute approximate surface area is 109 Å². The average molecular weight is 282 g/mol. The number of alkyl halides is 3. The molecule has 0 N–H and O–H groups in total. The smallest absolute Gasteiger partial charge is 0.240 e. The van der Waals surface area contributed by atoms with E-state index in [1.54, 1.807) is 0 Å². The maximum Gasteiger partial charge on any atom is 0.240 e. The fourth-order valence-corrected chi connectivity index (χ4v) is 1.97. The van der Waals surface area contributed by atoms with E-state index in [2.05, 4.69) is 0 Å². The highest BCUT2D eigenvalue weighted by Crippen LogP contribution is 2.39. The van der Waals surface area contributed by atoms with E-state index in [1.165, 1.54) is 0 Å². The van der Waals surface area contributed by atoms with Crippen molar-refractivity contribution in [2.75, 3.05) is 6.61 Å².